The maximum atomic E-state index is 14.0. The first-order chi connectivity index (χ1) is 21.0. The molecule has 1 N–H and O–H groups in total. The van der Waals surface area contributed by atoms with Crippen molar-refractivity contribution in [2.45, 2.75) is 52.1 Å². The minimum atomic E-state index is -0.598. The van der Waals surface area contributed by atoms with Crippen LogP contribution in [0.3, 0.4) is 0 Å². The summed E-state index contributed by atoms with van der Waals surface area (Å²) in [5, 5.41) is 3.86. The van der Waals surface area contributed by atoms with Crippen molar-refractivity contribution in [2.24, 2.45) is 0 Å². The van der Waals surface area contributed by atoms with Crippen LogP contribution in [0.5, 0.6) is 5.75 Å². The van der Waals surface area contributed by atoms with E-state index in [1.54, 1.807) is 4.57 Å². The summed E-state index contributed by atoms with van der Waals surface area (Å²) in [5.41, 5.74) is 5.88. The number of ether oxygens (including phenoxy) is 2. The summed E-state index contributed by atoms with van der Waals surface area (Å²) in [4.78, 5) is 33.1. The van der Waals surface area contributed by atoms with Crippen molar-refractivity contribution in [3.63, 3.8) is 0 Å². The molecule has 0 aliphatic carbocycles. The van der Waals surface area contributed by atoms with Gasteiger partial charge in [0.1, 0.15) is 17.7 Å². The standard InChI is InChI=1S/C34H34N4O5.K.H/c1-3-6-31-30(21-23-9-11-24(12-10-23)28-7-4-5-8-29(28)32-36-34(40)43-37-32)33(39)38(22(2)35-31)25-13-15-26(16-14-25)42-27-17-19-41-20-18-27;;/h4-5,7-16,27H,3,6,17-21H2,1-2H3,(H,36,37,40);;/q;+1;-1. The molecule has 3 aromatic carbocycles. The summed E-state index contributed by atoms with van der Waals surface area (Å²) < 4.78 is 18.0. The number of hydrogen-bond acceptors (Lipinski definition) is 7. The molecule has 0 radical (unpaired) electrons. The zero-order valence-corrected chi connectivity index (χ0v) is 28.5. The average molecular weight is 619 g/mol. The van der Waals surface area contributed by atoms with Gasteiger partial charge in [-0.1, -0.05) is 67.0 Å². The van der Waals surface area contributed by atoms with Crippen LogP contribution in [-0.2, 0) is 17.6 Å². The van der Waals surface area contributed by atoms with Gasteiger partial charge in [0.2, 0.25) is 0 Å². The van der Waals surface area contributed by atoms with Gasteiger partial charge in [0, 0.05) is 30.4 Å². The van der Waals surface area contributed by atoms with Gasteiger partial charge in [-0.3, -0.25) is 18.9 Å². The number of rotatable bonds is 9. The maximum absolute atomic E-state index is 14.0. The van der Waals surface area contributed by atoms with E-state index in [9.17, 15) is 9.59 Å². The van der Waals surface area contributed by atoms with E-state index in [-0.39, 0.29) is 64.5 Å². The quantitative estimate of drug-likeness (QED) is 0.253. The van der Waals surface area contributed by atoms with Crippen LogP contribution in [0.4, 0.5) is 0 Å². The second-order valence-corrected chi connectivity index (χ2v) is 10.8. The molecule has 3 heterocycles. The van der Waals surface area contributed by atoms with Gasteiger partial charge in [-0.05, 0) is 54.3 Å². The van der Waals surface area contributed by atoms with Crippen LogP contribution < -0.4 is 67.4 Å². The first-order valence-corrected chi connectivity index (χ1v) is 14.7. The van der Waals surface area contributed by atoms with Gasteiger partial charge in [-0.15, -0.1) is 0 Å². The Hall–Kier alpha value is -3.12. The Morgan fingerprint density at radius 1 is 0.977 bits per heavy atom. The molecule has 1 aliphatic heterocycles. The monoisotopic (exact) mass is 618 g/mol. The van der Waals surface area contributed by atoms with Gasteiger partial charge in [0.05, 0.1) is 24.6 Å². The summed E-state index contributed by atoms with van der Waals surface area (Å²) in [6.45, 7) is 5.41. The molecule has 44 heavy (non-hydrogen) atoms. The number of benzene rings is 3. The molecule has 6 rings (SSSR count). The molecule has 0 bridgehead atoms. The number of aromatic nitrogens is 4. The van der Waals surface area contributed by atoms with E-state index in [0.717, 1.165) is 78.3 Å². The van der Waals surface area contributed by atoms with Crippen LogP contribution in [0, 0.1) is 6.92 Å². The fraction of sp³-hybridized carbons (Fsp3) is 0.294. The third kappa shape index (κ3) is 7.22. The van der Waals surface area contributed by atoms with E-state index in [4.69, 9.17) is 19.0 Å². The molecule has 0 atom stereocenters. The molecular formula is C34H35KN4O5. The predicted octanol–water partition coefficient (Wildman–Crippen LogP) is 2.77. The van der Waals surface area contributed by atoms with Crippen LogP contribution in [0.2, 0.25) is 0 Å². The van der Waals surface area contributed by atoms with Crippen molar-refractivity contribution in [1.82, 2.24) is 19.7 Å². The third-order valence-corrected chi connectivity index (χ3v) is 7.75. The maximum Gasteiger partial charge on any atom is 1.00 e. The zero-order chi connectivity index (χ0) is 29.8. The van der Waals surface area contributed by atoms with E-state index >= 15 is 0 Å². The Labute approximate surface area is 299 Å². The van der Waals surface area contributed by atoms with Crippen molar-refractivity contribution in [2.75, 3.05) is 13.2 Å². The van der Waals surface area contributed by atoms with Gasteiger partial charge in [0.15, 0.2) is 5.82 Å². The van der Waals surface area contributed by atoms with Crippen molar-refractivity contribution in [3.05, 3.63) is 116 Å². The van der Waals surface area contributed by atoms with E-state index in [0.29, 0.717) is 23.6 Å². The molecule has 9 nitrogen and oxygen atoms in total. The third-order valence-electron chi connectivity index (χ3n) is 7.75. The molecule has 10 heteroatoms. The van der Waals surface area contributed by atoms with Crippen LogP contribution in [-0.4, -0.2) is 39.0 Å². The van der Waals surface area contributed by atoms with E-state index in [1.165, 1.54) is 0 Å². The Balaban J connectivity index is 0.00000230. The van der Waals surface area contributed by atoms with Crippen LogP contribution in [0.25, 0.3) is 28.2 Å². The minimum Gasteiger partial charge on any atom is -1.00 e. The van der Waals surface area contributed by atoms with Gasteiger partial charge in [-0.2, -0.15) is 0 Å². The number of aryl methyl sites for hydroxylation is 2. The largest absolute Gasteiger partial charge is 1.00 e. The fourth-order valence-corrected chi connectivity index (χ4v) is 5.60. The molecule has 0 spiro atoms. The Kier molecular flexibility index (Phi) is 10.8. The summed E-state index contributed by atoms with van der Waals surface area (Å²) >= 11 is 0. The van der Waals surface area contributed by atoms with Gasteiger partial charge < -0.3 is 10.9 Å². The normalized spacial score (nSPS) is 13.4. The van der Waals surface area contributed by atoms with Crippen molar-refractivity contribution in [1.29, 1.82) is 0 Å². The van der Waals surface area contributed by atoms with Crippen molar-refractivity contribution < 1.29 is 66.8 Å². The molecule has 2 aromatic heterocycles. The van der Waals surface area contributed by atoms with Crippen LogP contribution >= 0.6 is 0 Å². The molecule has 222 valence electrons. The Morgan fingerprint density at radius 2 is 1.68 bits per heavy atom. The minimum absolute atomic E-state index is 0. The molecule has 0 amide bonds. The summed E-state index contributed by atoms with van der Waals surface area (Å²) in [5.74, 6) is 1.23. The van der Waals surface area contributed by atoms with E-state index < -0.39 is 5.76 Å². The van der Waals surface area contributed by atoms with E-state index in [1.807, 2.05) is 79.7 Å². The number of H-pyrrole nitrogens is 1. The zero-order valence-electron chi connectivity index (χ0n) is 26.3. The SMILES string of the molecule is CCCc1nc(C)n(-c2ccc(OC3CCOCC3)cc2)c(=O)c1Cc1ccc(-c2ccccc2-c2noc(=O)[nH]2)cc1.[H-].[K+]. The van der Waals surface area contributed by atoms with E-state index in [2.05, 4.69) is 17.1 Å². The first kappa shape index (κ1) is 32.3. The second kappa shape index (κ2) is 14.8. The molecule has 1 saturated heterocycles. The fourth-order valence-electron chi connectivity index (χ4n) is 5.60. The molecule has 1 fully saturated rings. The second-order valence-electron chi connectivity index (χ2n) is 10.8. The molecule has 0 saturated carbocycles. The van der Waals surface area contributed by atoms with Crippen LogP contribution in [0.1, 0.15) is 50.3 Å². The summed E-state index contributed by atoms with van der Waals surface area (Å²) in [7, 11) is 0. The van der Waals surface area contributed by atoms with Crippen molar-refractivity contribution in [3.8, 4) is 34.0 Å². The predicted molar refractivity (Wildman–Crippen MR) is 165 cm³/mol. The molecule has 1 aliphatic rings. The number of hydrogen-bond donors (Lipinski definition) is 1. The molecule has 5 aromatic rings. The summed E-state index contributed by atoms with van der Waals surface area (Å²) in [6.07, 6.45) is 3.99. The van der Waals surface area contributed by atoms with Crippen molar-refractivity contribution >= 4 is 0 Å². The van der Waals surface area contributed by atoms with Gasteiger partial charge >= 0.3 is 57.1 Å². The average Bonchev–Trinajstić information content (AvgIpc) is 3.47. The van der Waals surface area contributed by atoms with Crippen LogP contribution in [0.15, 0.2) is 86.9 Å². The molecule has 0 unspecified atom stereocenters. The topological polar surface area (TPSA) is 112 Å². The van der Waals surface area contributed by atoms with Gasteiger partial charge in [-0.25, -0.2) is 9.78 Å². The Morgan fingerprint density at radius 3 is 2.34 bits per heavy atom. The molecular weight excluding hydrogens is 583 g/mol. The van der Waals surface area contributed by atoms with Gasteiger partial charge in [0.25, 0.3) is 5.56 Å². The number of nitrogens with one attached hydrogen (secondary N) is 1. The Bertz CT molecular complexity index is 1830. The number of nitrogens with zero attached hydrogens (tertiary/aromatic N) is 3. The first-order valence-electron chi connectivity index (χ1n) is 14.7. The number of aromatic amines is 1. The smallest absolute Gasteiger partial charge is 1.00 e. The summed E-state index contributed by atoms with van der Waals surface area (Å²) in [6, 6.07) is 23.4.